The van der Waals surface area contributed by atoms with Crippen molar-refractivity contribution in [1.29, 1.82) is 0 Å². The second-order valence-corrected chi connectivity index (χ2v) is 6.28. The van der Waals surface area contributed by atoms with E-state index in [0.29, 0.717) is 25.9 Å². The molecule has 1 aliphatic carbocycles. The van der Waals surface area contributed by atoms with Crippen molar-refractivity contribution in [3.63, 3.8) is 0 Å². The van der Waals surface area contributed by atoms with Crippen molar-refractivity contribution in [2.45, 2.75) is 32.0 Å². The molecule has 0 atom stereocenters. The predicted octanol–water partition coefficient (Wildman–Crippen LogP) is 3.60. The zero-order valence-corrected chi connectivity index (χ0v) is 12.9. The predicted molar refractivity (Wildman–Crippen MR) is 85.8 cm³/mol. The van der Waals surface area contributed by atoms with Gasteiger partial charge in [0, 0.05) is 23.0 Å². The third-order valence-electron chi connectivity index (χ3n) is 3.44. The molecule has 3 nitrogen and oxygen atoms in total. The molecule has 0 amide bonds. The van der Waals surface area contributed by atoms with Gasteiger partial charge in [-0.2, -0.15) is 0 Å². The van der Waals surface area contributed by atoms with Crippen molar-refractivity contribution in [2.75, 3.05) is 13.2 Å². The lowest BCUT2D eigenvalue weighted by Gasteiger charge is -2.12. The third kappa shape index (κ3) is 4.84. The monoisotopic (exact) mass is 303 g/mol. The van der Waals surface area contributed by atoms with Crippen molar-refractivity contribution in [3.05, 3.63) is 52.2 Å². The number of rotatable bonds is 9. The Bertz CT molecular complexity index is 537. The molecule has 0 bridgehead atoms. The summed E-state index contributed by atoms with van der Waals surface area (Å²) in [6, 6.07) is 13.1. The molecule has 4 heteroatoms. The highest BCUT2D eigenvalue weighted by atomic mass is 32.1. The quantitative estimate of drug-likeness (QED) is 0.718. The van der Waals surface area contributed by atoms with Crippen LogP contribution in [0.5, 0.6) is 5.75 Å². The molecule has 1 fully saturated rings. The SMILES string of the molecule is c1csc(COCCOc2ccccc2CNC2CC2)c1. The molecule has 3 rings (SSSR count). The summed E-state index contributed by atoms with van der Waals surface area (Å²) in [6.45, 7) is 2.76. The molecule has 0 radical (unpaired) electrons. The van der Waals surface area contributed by atoms with Crippen molar-refractivity contribution in [3.8, 4) is 5.75 Å². The summed E-state index contributed by atoms with van der Waals surface area (Å²) >= 11 is 1.72. The van der Waals surface area contributed by atoms with Crippen molar-refractivity contribution in [1.82, 2.24) is 5.32 Å². The minimum atomic E-state index is 0.589. The minimum Gasteiger partial charge on any atom is -0.491 e. The normalized spacial score (nSPS) is 14.3. The molecule has 0 aliphatic heterocycles. The van der Waals surface area contributed by atoms with Gasteiger partial charge in [-0.3, -0.25) is 0 Å². The summed E-state index contributed by atoms with van der Waals surface area (Å²) in [6.07, 6.45) is 2.61. The van der Waals surface area contributed by atoms with E-state index in [0.717, 1.165) is 12.3 Å². The molecule has 1 aliphatic rings. The maximum atomic E-state index is 5.85. The van der Waals surface area contributed by atoms with Crippen molar-refractivity contribution >= 4 is 11.3 Å². The molecule has 1 aromatic heterocycles. The van der Waals surface area contributed by atoms with Crippen LogP contribution in [0, 0.1) is 0 Å². The largest absolute Gasteiger partial charge is 0.491 e. The van der Waals surface area contributed by atoms with Gasteiger partial charge in [0.1, 0.15) is 12.4 Å². The maximum absolute atomic E-state index is 5.85. The van der Waals surface area contributed by atoms with Crippen molar-refractivity contribution in [2.24, 2.45) is 0 Å². The highest BCUT2D eigenvalue weighted by molar-refractivity contribution is 7.09. The number of nitrogens with one attached hydrogen (secondary N) is 1. The van der Waals surface area contributed by atoms with Gasteiger partial charge in [-0.05, 0) is 30.4 Å². The zero-order valence-electron chi connectivity index (χ0n) is 12.1. The first-order chi connectivity index (χ1) is 10.4. The smallest absolute Gasteiger partial charge is 0.123 e. The van der Waals surface area contributed by atoms with Crippen LogP contribution in [0.15, 0.2) is 41.8 Å². The zero-order chi connectivity index (χ0) is 14.3. The van der Waals surface area contributed by atoms with E-state index < -0.39 is 0 Å². The number of para-hydroxylation sites is 1. The molecule has 1 N–H and O–H groups in total. The third-order valence-corrected chi connectivity index (χ3v) is 4.29. The lowest BCUT2D eigenvalue weighted by molar-refractivity contribution is 0.0902. The fourth-order valence-corrected chi connectivity index (χ4v) is 2.75. The van der Waals surface area contributed by atoms with Gasteiger partial charge in [0.05, 0.1) is 13.2 Å². The summed E-state index contributed by atoms with van der Waals surface area (Å²) in [5.74, 6) is 0.963. The average molecular weight is 303 g/mol. The molecular formula is C17H21NO2S. The van der Waals surface area contributed by atoms with Gasteiger partial charge < -0.3 is 14.8 Å². The molecule has 112 valence electrons. The maximum Gasteiger partial charge on any atom is 0.123 e. The molecule has 1 heterocycles. The van der Waals surface area contributed by atoms with E-state index in [4.69, 9.17) is 9.47 Å². The summed E-state index contributed by atoms with van der Waals surface area (Å²) < 4.78 is 11.5. The number of hydrogen-bond donors (Lipinski definition) is 1. The van der Waals surface area contributed by atoms with Crippen LogP contribution in [0.25, 0.3) is 0 Å². The molecule has 1 aromatic carbocycles. The average Bonchev–Trinajstić information content (AvgIpc) is 3.20. The standard InChI is InChI=1S/C17H21NO2S/c1-2-6-17(14(4-1)12-18-15-7-8-15)20-10-9-19-13-16-5-3-11-21-16/h1-6,11,15,18H,7-10,12-13H2. The Balaban J connectivity index is 1.39. The van der Waals surface area contributed by atoms with E-state index in [-0.39, 0.29) is 0 Å². The Hall–Kier alpha value is -1.36. The molecule has 0 spiro atoms. The number of hydrogen-bond acceptors (Lipinski definition) is 4. The van der Waals surface area contributed by atoms with Crippen LogP contribution < -0.4 is 10.1 Å². The Kier molecular flexibility index (Phi) is 5.27. The topological polar surface area (TPSA) is 30.5 Å². The summed E-state index contributed by atoms with van der Waals surface area (Å²) in [4.78, 5) is 1.25. The Morgan fingerprint density at radius 2 is 2.00 bits per heavy atom. The minimum absolute atomic E-state index is 0.589. The van der Waals surface area contributed by atoms with Crippen LogP contribution in [-0.4, -0.2) is 19.3 Å². The summed E-state index contributed by atoms with van der Waals surface area (Å²) in [7, 11) is 0. The van der Waals surface area contributed by atoms with Gasteiger partial charge in [0.2, 0.25) is 0 Å². The van der Waals surface area contributed by atoms with E-state index >= 15 is 0 Å². The molecule has 21 heavy (non-hydrogen) atoms. The molecule has 0 unspecified atom stereocenters. The van der Waals surface area contributed by atoms with E-state index in [9.17, 15) is 0 Å². The van der Waals surface area contributed by atoms with Gasteiger partial charge in [-0.15, -0.1) is 11.3 Å². The fourth-order valence-electron chi connectivity index (χ4n) is 2.11. The Morgan fingerprint density at radius 1 is 1.10 bits per heavy atom. The number of thiophene rings is 1. The van der Waals surface area contributed by atoms with Crippen molar-refractivity contribution < 1.29 is 9.47 Å². The first-order valence-electron chi connectivity index (χ1n) is 7.46. The van der Waals surface area contributed by atoms with E-state index in [1.807, 2.05) is 18.2 Å². The van der Waals surface area contributed by atoms with Gasteiger partial charge in [0.25, 0.3) is 0 Å². The molecule has 0 saturated heterocycles. The van der Waals surface area contributed by atoms with Crippen LogP contribution in [-0.2, 0) is 17.9 Å². The second kappa shape index (κ2) is 7.59. The van der Waals surface area contributed by atoms with Gasteiger partial charge in [0.15, 0.2) is 0 Å². The lowest BCUT2D eigenvalue weighted by atomic mass is 10.2. The fraction of sp³-hybridized carbons (Fsp3) is 0.412. The lowest BCUT2D eigenvalue weighted by Crippen LogP contribution is -2.16. The van der Waals surface area contributed by atoms with E-state index in [2.05, 4.69) is 28.9 Å². The van der Waals surface area contributed by atoms with Crippen LogP contribution in [0.3, 0.4) is 0 Å². The van der Waals surface area contributed by atoms with Gasteiger partial charge in [-0.1, -0.05) is 24.3 Å². The summed E-state index contributed by atoms with van der Waals surface area (Å²) in [5.41, 5.74) is 1.22. The molecule has 1 saturated carbocycles. The molecule has 2 aromatic rings. The van der Waals surface area contributed by atoms with Crippen LogP contribution >= 0.6 is 11.3 Å². The highest BCUT2D eigenvalue weighted by Gasteiger charge is 2.20. The first-order valence-corrected chi connectivity index (χ1v) is 8.34. The first kappa shape index (κ1) is 14.6. The van der Waals surface area contributed by atoms with E-state index in [1.165, 1.54) is 23.3 Å². The second-order valence-electron chi connectivity index (χ2n) is 5.24. The van der Waals surface area contributed by atoms with Gasteiger partial charge >= 0.3 is 0 Å². The number of benzene rings is 1. The number of ether oxygens (including phenoxy) is 2. The summed E-state index contributed by atoms with van der Waals surface area (Å²) in [5, 5.41) is 5.59. The van der Waals surface area contributed by atoms with E-state index in [1.54, 1.807) is 11.3 Å². The molecular weight excluding hydrogens is 282 g/mol. The Labute approximate surface area is 129 Å². The van der Waals surface area contributed by atoms with Crippen LogP contribution in [0.1, 0.15) is 23.3 Å². The highest BCUT2D eigenvalue weighted by Crippen LogP contribution is 2.22. The Morgan fingerprint density at radius 3 is 2.81 bits per heavy atom. The van der Waals surface area contributed by atoms with Crippen LogP contribution in [0.4, 0.5) is 0 Å². The van der Waals surface area contributed by atoms with Crippen LogP contribution in [0.2, 0.25) is 0 Å². The van der Waals surface area contributed by atoms with Gasteiger partial charge in [-0.25, -0.2) is 0 Å².